The average Bonchev–Trinajstić information content (AvgIpc) is 2.69. The molecule has 27 heavy (non-hydrogen) atoms. The van der Waals surface area contributed by atoms with E-state index in [4.69, 9.17) is 0 Å². The average molecular weight is 381 g/mol. The number of hydrogen-bond donors (Lipinski definition) is 0. The Morgan fingerprint density at radius 3 is 2.19 bits per heavy atom. The number of hydrogen-bond acceptors (Lipinski definition) is 3. The highest BCUT2D eigenvalue weighted by Gasteiger charge is 2.27. The fourth-order valence-electron chi connectivity index (χ4n) is 3.71. The van der Waals surface area contributed by atoms with Crippen molar-refractivity contribution in [1.29, 1.82) is 0 Å². The van der Waals surface area contributed by atoms with Gasteiger partial charge in [0.25, 0.3) is 0 Å². The van der Waals surface area contributed by atoms with E-state index in [1.165, 1.54) is 16.3 Å². The van der Waals surface area contributed by atoms with Gasteiger partial charge in [0.2, 0.25) is 10.0 Å². The van der Waals surface area contributed by atoms with Gasteiger partial charge in [-0.05, 0) is 21.9 Å². The van der Waals surface area contributed by atoms with E-state index < -0.39 is 10.0 Å². The first kappa shape index (κ1) is 18.2. The number of nitrogens with zero attached hydrogens (tertiary/aromatic N) is 2. The molecule has 3 aromatic carbocycles. The Kier molecular flexibility index (Phi) is 5.25. The molecule has 140 valence electrons. The Balaban J connectivity index is 1.40. The summed E-state index contributed by atoms with van der Waals surface area (Å²) in [5.74, 6) is 0.0805. The smallest absolute Gasteiger partial charge is 0.218 e. The SMILES string of the molecule is O=S(=O)(Cc1ccccc1)N1CCN(Cc2cccc3ccccc23)CC1. The molecule has 0 bridgehead atoms. The Morgan fingerprint density at radius 2 is 1.41 bits per heavy atom. The third-order valence-electron chi connectivity index (χ3n) is 5.19. The molecule has 1 aliphatic rings. The first-order chi connectivity index (χ1) is 13.1. The zero-order valence-electron chi connectivity index (χ0n) is 15.3. The van der Waals surface area contributed by atoms with Crippen LogP contribution in [0, 0.1) is 0 Å². The number of sulfonamides is 1. The van der Waals surface area contributed by atoms with Crippen LogP contribution in [0.5, 0.6) is 0 Å². The molecular formula is C22H24N2O2S. The van der Waals surface area contributed by atoms with Crippen LogP contribution < -0.4 is 0 Å². The second kappa shape index (κ2) is 7.80. The first-order valence-electron chi connectivity index (χ1n) is 9.32. The van der Waals surface area contributed by atoms with Gasteiger partial charge in [-0.15, -0.1) is 0 Å². The monoisotopic (exact) mass is 380 g/mol. The Labute approximate surface area is 161 Å². The van der Waals surface area contributed by atoms with Crippen molar-refractivity contribution >= 4 is 20.8 Å². The minimum Gasteiger partial charge on any atom is -0.296 e. The van der Waals surface area contributed by atoms with Crippen LogP contribution in [-0.2, 0) is 22.3 Å². The van der Waals surface area contributed by atoms with E-state index in [0.29, 0.717) is 13.1 Å². The number of fused-ring (bicyclic) bond motifs is 1. The van der Waals surface area contributed by atoms with Crippen molar-refractivity contribution in [2.24, 2.45) is 0 Å². The van der Waals surface area contributed by atoms with Gasteiger partial charge in [0.1, 0.15) is 0 Å². The van der Waals surface area contributed by atoms with Gasteiger partial charge in [0, 0.05) is 32.7 Å². The van der Waals surface area contributed by atoms with E-state index in [1.807, 2.05) is 30.3 Å². The minimum atomic E-state index is -3.26. The van der Waals surface area contributed by atoms with Crippen molar-refractivity contribution < 1.29 is 8.42 Å². The molecule has 5 heteroatoms. The molecule has 0 spiro atoms. The highest BCUT2D eigenvalue weighted by Crippen LogP contribution is 2.21. The van der Waals surface area contributed by atoms with Crippen LogP contribution in [0.25, 0.3) is 10.8 Å². The molecule has 0 N–H and O–H groups in total. The van der Waals surface area contributed by atoms with E-state index in [9.17, 15) is 8.42 Å². The van der Waals surface area contributed by atoms with Crippen molar-refractivity contribution in [3.63, 3.8) is 0 Å². The predicted octanol–water partition coefficient (Wildman–Crippen LogP) is 3.49. The van der Waals surface area contributed by atoms with Gasteiger partial charge in [-0.3, -0.25) is 4.90 Å². The van der Waals surface area contributed by atoms with Gasteiger partial charge >= 0.3 is 0 Å². The molecule has 0 amide bonds. The van der Waals surface area contributed by atoms with Crippen molar-refractivity contribution in [1.82, 2.24) is 9.21 Å². The maximum Gasteiger partial charge on any atom is 0.218 e. The van der Waals surface area contributed by atoms with Crippen molar-refractivity contribution in [2.75, 3.05) is 26.2 Å². The molecule has 0 radical (unpaired) electrons. The van der Waals surface area contributed by atoms with Crippen LogP contribution in [-0.4, -0.2) is 43.8 Å². The van der Waals surface area contributed by atoms with Crippen LogP contribution in [0.2, 0.25) is 0 Å². The molecule has 0 aliphatic carbocycles. The summed E-state index contributed by atoms with van der Waals surface area (Å²) in [5.41, 5.74) is 2.14. The molecule has 1 aliphatic heterocycles. The molecule has 0 unspecified atom stereocenters. The lowest BCUT2D eigenvalue weighted by Crippen LogP contribution is -2.48. The van der Waals surface area contributed by atoms with Crippen LogP contribution in [0.4, 0.5) is 0 Å². The highest BCUT2D eigenvalue weighted by atomic mass is 32.2. The quantitative estimate of drug-likeness (QED) is 0.680. The van der Waals surface area contributed by atoms with Gasteiger partial charge in [0.15, 0.2) is 0 Å². The van der Waals surface area contributed by atoms with Crippen molar-refractivity contribution in [2.45, 2.75) is 12.3 Å². The van der Waals surface area contributed by atoms with Crippen LogP contribution in [0.3, 0.4) is 0 Å². The van der Waals surface area contributed by atoms with Gasteiger partial charge in [-0.2, -0.15) is 4.31 Å². The van der Waals surface area contributed by atoms with Gasteiger partial charge < -0.3 is 0 Å². The zero-order chi connectivity index (χ0) is 18.7. The fourth-order valence-corrected chi connectivity index (χ4v) is 5.23. The summed E-state index contributed by atoms with van der Waals surface area (Å²) in [7, 11) is -3.26. The molecule has 1 heterocycles. The van der Waals surface area contributed by atoms with Crippen LogP contribution in [0.15, 0.2) is 72.8 Å². The molecule has 0 saturated carbocycles. The number of rotatable bonds is 5. The van der Waals surface area contributed by atoms with Crippen molar-refractivity contribution in [3.8, 4) is 0 Å². The molecule has 4 nitrogen and oxygen atoms in total. The number of benzene rings is 3. The Morgan fingerprint density at radius 1 is 0.741 bits per heavy atom. The van der Waals surface area contributed by atoms with Crippen LogP contribution >= 0.6 is 0 Å². The maximum absolute atomic E-state index is 12.7. The largest absolute Gasteiger partial charge is 0.296 e. The van der Waals surface area contributed by atoms with Crippen molar-refractivity contribution in [3.05, 3.63) is 83.9 Å². The van der Waals surface area contributed by atoms with E-state index in [-0.39, 0.29) is 5.75 Å². The lowest BCUT2D eigenvalue weighted by molar-refractivity contribution is 0.182. The molecule has 1 saturated heterocycles. The third-order valence-corrected chi connectivity index (χ3v) is 7.04. The third kappa shape index (κ3) is 4.21. The molecule has 3 aromatic rings. The van der Waals surface area contributed by atoms with Crippen LogP contribution in [0.1, 0.15) is 11.1 Å². The summed E-state index contributed by atoms with van der Waals surface area (Å²) in [6, 6.07) is 24.2. The Bertz CT molecular complexity index is 1010. The second-order valence-corrected chi connectivity index (χ2v) is 9.02. The lowest BCUT2D eigenvalue weighted by atomic mass is 10.0. The standard InChI is InChI=1S/C22H24N2O2S/c25-27(26,18-19-7-2-1-3-8-19)24-15-13-23(14-16-24)17-21-11-6-10-20-9-4-5-12-22(20)21/h1-12H,13-18H2. The van der Waals surface area contributed by atoms with E-state index in [0.717, 1.165) is 25.2 Å². The zero-order valence-corrected chi connectivity index (χ0v) is 16.1. The van der Waals surface area contributed by atoms with E-state index >= 15 is 0 Å². The molecule has 0 aromatic heterocycles. The normalized spacial score (nSPS) is 16.6. The van der Waals surface area contributed by atoms with Gasteiger partial charge in [0.05, 0.1) is 5.75 Å². The predicted molar refractivity (Wildman–Crippen MR) is 110 cm³/mol. The maximum atomic E-state index is 12.7. The summed E-state index contributed by atoms with van der Waals surface area (Å²) >= 11 is 0. The van der Waals surface area contributed by atoms with E-state index in [1.54, 1.807) is 4.31 Å². The van der Waals surface area contributed by atoms with Gasteiger partial charge in [-0.25, -0.2) is 8.42 Å². The topological polar surface area (TPSA) is 40.6 Å². The fraction of sp³-hybridized carbons (Fsp3) is 0.273. The molecule has 4 rings (SSSR count). The number of piperazine rings is 1. The minimum absolute atomic E-state index is 0.0805. The molecule has 0 atom stereocenters. The second-order valence-electron chi connectivity index (χ2n) is 7.06. The summed E-state index contributed by atoms with van der Waals surface area (Å²) in [4.78, 5) is 2.34. The molecular weight excluding hydrogens is 356 g/mol. The lowest BCUT2D eigenvalue weighted by Gasteiger charge is -2.34. The van der Waals surface area contributed by atoms with Gasteiger partial charge in [-0.1, -0.05) is 72.8 Å². The molecule has 1 fully saturated rings. The summed E-state index contributed by atoms with van der Waals surface area (Å²) in [6.45, 7) is 3.49. The Hall–Kier alpha value is -2.21. The summed E-state index contributed by atoms with van der Waals surface area (Å²) in [5, 5.41) is 2.53. The summed E-state index contributed by atoms with van der Waals surface area (Å²) < 4.78 is 27.0. The summed E-state index contributed by atoms with van der Waals surface area (Å²) in [6.07, 6.45) is 0. The highest BCUT2D eigenvalue weighted by molar-refractivity contribution is 7.88. The van der Waals surface area contributed by atoms with E-state index in [2.05, 4.69) is 47.4 Å². The first-order valence-corrected chi connectivity index (χ1v) is 10.9.